The van der Waals surface area contributed by atoms with E-state index in [-0.39, 0.29) is 5.97 Å². The van der Waals surface area contributed by atoms with Gasteiger partial charge in [0.1, 0.15) is 0 Å². The van der Waals surface area contributed by atoms with E-state index in [4.69, 9.17) is 4.74 Å². The number of aryl methyl sites for hydroxylation is 1. The molecule has 0 N–H and O–H groups in total. The Bertz CT molecular complexity index is 639. The fourth-order valence-electron chi connectivity index (χ4n) is 1.82. The second-order valence-corrected chi connectivity index (χ2v) is 4.66. The number of aromatic nitrogens is 2. The van der Waals surface area contributed by atoms with Gasteiger partial charge in [0.15, 0.2) is 0 Å². The molecule has 1 aromatic carbocycles. The predicted octanol–water partition coefficient (Wildman–Crippen LogP) is 2.30. The lowest BCUT2D eigenvalue weighted by Crippen LogP contribution is -2.13. The summed E-state index contributed by atoms with van der Waals surface area (Å²) >= 11 is 0. The van der Waals surface area contributed by atoms with Gasteiger partial charge < -0.3 is 9.64 Å². The molecule has 0 fully saturated rings. The largest absolute Gasteiger partial charge is 0.465 e. The molecule has 0 radical (unpaired) electrons. The van der Waals surface area contributed by atoms with E-state index in [0.717, 1.165) is 17.0 Å². The number of carbonyl (C=O) groups is 1. The number of ether oxygens (including phenoxy) is 1. The summed E-state index contributed by atoms with van der Waals surface area (Å²) in [6, 6.07) is 9.11. The number of benzene rings is 1. The second kappa shape index (κ2) is 5.69. The zero-order valence-corrected chi connectivity index (χ0v) is 12.0. The maximum Gasteiger partial charge on any atom is 0.337 e. The summed E-state index contributed by atoms with van der Waals surface area (Å²) in [7, 11) is 5.15. The van der Waals surface area contributed by atoms with Crippen LogP contribution in [0.25, 0.3) is 11.3 Å². The highest BCUT2D eigenvalue weighted by molar-refractivity contribution is 5.90. The normalized spacial score (nSPS) is 10.2. The lowest BCUT2D eigenvalue weighted by atomic mass is 10.1. The molecular formula is C15H17N3O2. The van der Waals surface area contributed by atoms with Gasteiger partial charge >= 0.3 is 5.97 Å². The number of rotatable bonds is 3. The third-order valence-corrected chi connectivity index (χ3v) is 2.82. The summed E-state index contributed by atoms with van der Waals surface area (Å²) in [5, 5.41) is 0. The van der Waals surface area contributed by atoms with Gasteiger partial charge in [0.25, 0.3) is 0 Å². The van der Waals surface area contributed by atoms with Crippen molar-refractivity contribution in [1.82, 2.24) is 9.97 Å². The molecule has 104 valence electrons. The smallest absolute Gasteiger partial charge is 0.337 e. The highest BCUT2D eigenvalue weighted by Crippen LogP contribution is 2.21. The van der Waals surface area contributed by atoms with E-state index in [1.165, 1.54) is 7.11 Å². The molecule has 20 heavy (non-hydrogen) atoms. The molecule has 0 aliphatic rings. The number of carbonyl (C=O) groups excluding carboxylic acids is 1. The predicted molar refractivity (Wildman–Crippen MR) is 77.9 cm³/mol. The maximum absolute atomic E-state index is 11.6. The average Bonchev–Trinajstić information content (AvgIpc) is 2.45. The van der Waals surface area contributed by atoms with Crippen molar-refractivity contribution in [2.45, 2.75) is 6.92 Å². The van der Waals surface area contributed by atoms with Gasteiger partial charge in [-0.05, 0) is 25.1 Å². The first-order valence-corrected chi connectivity index (χ1v) is 6.23. The van der Waals surface area contributed by atoms with E-state index in [0.29, 0.717) is 11.5 Å². The van der Waals surface area contributed by atoms with Gasteiger partial charge in [-0.1, -0.05) is 12.1 Å². The van der Waals surface area contributed by atoms with Gasteiger partial charge in [0, 0.05) is 25.4 Å². The quantitative estimate of drug-likeness (QED) is 0.802. The summed E-state index contributed by atoms with van der Waals surface area (Å²) in [5.41, 5.74) is 3.03. The van der Waals surface area contributed by atoms with Crippen LogP contribution in [0.4, 0.5) is 5.95 Å². The van der Waals surface area contributed by atoms with Gasteiger partial charge in [0.05, 0.1) is 18.4 Å². The molecule has 0 aliphatic carbocycles. The minimum Gasteiger partial charge on any atom is -0.465 e. The van der Waals surface area contributed by atoms with Crippen molar-refractivity contribution in [2.24, 2.45) is 0 Å². The van der Waals surface area contributed by atoms with Crippen molar-refractivity contribution in [3.63, 3.8) is 0 Å². The topological polar surface area (TPSA) is 55.3 Å². The van der Waals surface area contributed by atoms with Gasteiger partial charge in [-0.15, -0.1) is 0 Å². The van der Waals surface area contributed by atoms with Crippen LogP contribution < -0.4 is 4.90 Å². The van der Waals surface area contributed by atoms with E-state index in [1.54, 1.807) is 12.1 Å². The molecule has 1 heterocycles. The Hall–Kier alpha value is -2.43. The minimum absolute atomic E-state index is 0.356. The molecule has 0 unspecified atom stereocenters. The van der Waals surface area contributed by atoms with Crippen LogP contribution in [0.15, 0.2) is 30.3 Å². The molecule has 5 heteroatoms. The van der Waals surface area contributed by atoms with Crippen LogP contribution in [0.5, 0.6) is 0 Å². The number of nitrogens with zero attached hydrogens (tertiary/aromatic N) is 3. The molecule has 0 bridgehead atoms. The van der Waals surface area contributed by atoms with E-state index in [9.17, 15) is 4.79 Å². The number of esters is 1. The zero-order chi connectivity index (χ0) is 14.7. The van der Waals surface area contributed by atoms with Crippen LogP contribution in [0.2, 0.25) is 0 Å². The van der Waals surface area contributed by atoms with Crippen LogP contribution in [-0.2, 0) is 4.74 Å². The lowest BCUT2D eigenvalue weighted by molar-refractivity contribution is 0.0601. The number of hydrogen-bond donors (Lipinski definition) is 0. The molecule has 0 amide bonds. The first kappa shape index (κ1) is 14.0. The van der Waals surface area contributed by atoms with Crippen molar-refractivity contribution >= 4 is 11.9 Å². The van der Waals surface area contributed by atoms with Crippen LogP contribution in [-0.4, -0.2) is 37.1 Å². The first-order chi connectivity index (χ1) is 9.51. The number of methoxy groups -OCH3 is 1. The van der Waals surface area contributed by atoms with Crippen molar-refractivity contribution in [3.05, 3.63) is 41.6 Å². The zero-order valence-electron chi connectivity index (χ0n) is 12.0. The van der Waals surface area contributed by atoms with Crippen LogP contribution in [0, 0.1) is 6.92 Å². The van der Waals surface area contributed by atoms with Crippen LogP contribution in [0.3, 0.4) is 0 Å². The Morgan fingerprint density at radius 3 is 2.60 bits per heavy atom. The summed E-state index contributed by atoms with van der Waals surface area (Å²) < 4.78 is 4.73. The van der Waals surface area contributed by atoms with E-state index >= 15 is 0 Å². The SMILES string of the molecule is COC(=O)c1cccc(-c2cc(C)nc(N(C)C)n2)c1. The number of hydrogen-bond acceptors (Lipinski definition) is 5. The molecule has 0 saturated heterocycles. The highest BCUT2D eigenvalue weighted by Gasteiger charge is 2.10. The second-order valence-electron chi connectivity index (χ2n) is 4.66. The molecule has 2 aromatic rings. The molecule has 0 atom stereocenters. The Labute approximate surface area is 118 Å². The van der Waals surface area contributed by atoms with Gasteiger partial charge in [-0.2, -0.15) is 0 Å². The fraction of sp³-hybridized carbons (Fsp3) is 0.267. The van der Waals surface area contributed by atoms with Gasteiger partial charge in [-0.25, -0.2) is 14.8 Å². The molecule has 0 aliphatic heterocycles. The Kier molecular flexibility index (Phi) is 3.98. The maximum atomic E-state index is 11.6. The van der Waals surface area contributed by atoms with Crippen molar-refractivity contribution in [3.8, 4) is 11.3 Å². The van der Waals surface area contributed by atoms with Crippen molar-refractivity contribution in [2.75, 3.05) is 26.1 Å². The average molecular weight is 271 g/mol. The van der Waals surface area contributed by atoms with Crippen molar-refractivity contribution in [1.29, 1.82) is 0 Å². The molecule has 5 nitrogen and oxygen atoms in total. The fourth-order valence-corrected chi connectivity index (χ4v) is 1.82. The molecule has 0 saturated carbocycles. The molecule has 0 spiro atoms. The summed E-state index contributed by atoms with van der Waals surface area (Å²) in [5.74, 6) is 0.286. The first-order valence-electron chi connectivity index (χ1n) is 6.23. The van der Waals surface area contributed by atoms with Crippen LogP contribution >= 0.6 is 0 Å². The van der Waals surface area contributed by atoms with E-state index < -0.39 is 0 Å². The van der Waals surface area contributed by atoms with Crippen LogP contribution in [0.1, 0.15) is 16.1 Å². The van der Waals surface area contributed by atoms with Crippen molar-refractivity contribution < 1.29 is 9.53 Å². The Morgan fingerprint density at radius 2 is 1.95 bits per heavy atom. The Morgan fingerprint density at radius 1 is 1.20 bits per heavy atom. The van der Waals surface area contributed by atoms with E-state index in [2.05, 4.69) is 9.97 Å². The Balaban J connectivity index is 2.48. The highest BCUT2D eigenvalue weighted by atomic mass is 16.5. The minimum atomic E-state index is -0.356. The monoisotopic (exact) mass is 271 g/mol. The third kappa shape index (κ3) is 2.93. The summed E-state index contributed by atoms with van der Waals surface area (Å²) in [6.45, 7) is 1.92. The summed E-state index contributed by atoms with van der Waals surface area (Å²) in [6.07, 6.45) is 0. The summed E-state index contributed by atoms with van der Waals surface area (Å²) in [4.78, 5) is 22.3. The standard InChI is InChI=1S/C15H17N3O2/c1-10-8-13(17-15(16-10)18(2)3)11-6-5-7-12(9-11)14(19)20-4/h5-9H,1-4H3. The number of anilines is 1. The molecule has 2 rings (SSSR count). The molecular weight excluding hydrogens is 254 g/mol. The lowest BCUT2D eigenvalue weighted by Gasteiger charge is -2.12. The third-order valence-electron chi connectivity index (χ3n) is 2.82. The van der Waals surface area contributed by atoms with Gasteiger partial charge in [-0.3, -0.25) is 0 Å². The van der Waals surface area contributed by atoms with Gasteiger partial charge in [0.2, 0.25) is 5.95 Å². The molecule has 1 aromatic heterocycles. The van der Waals surface area contributed by atoms with E-state index in [1.807, 2.05) is 44.1 Å².